The van der Waals surface area contributed by atoms with Gasteiger partial charge in [-0.1, -0.05) is 32.0 Å². The zero-order valence-electron chi connectivity index (χ0n) is 13.9. The highest BCUT2D eigenvalue weighted by Gasteiger charge is 2.56. The number of carbonyl (C=O) groups is 1. The van der Waals surface area contributed by atoms with E-state index in [0.717, 1.165) is 12.0 Å². The van der Waals surface area contributed by atoms with Gasteiger partial charge in [-0.3, -0.25) is 4.79 Å². The number of likely N-dealkylation sites (tertiary alicyclic amines) is 1. The summed E-state index contributed by atoms with van der Waals surface area (Å²) in [4.78, 5) is 14.0. The van der Waals surface area contributed by atoms with Crippen molar-refractivity contribution in [3.8, 4) is 0 Å². The lowest BCUT2D eigenvalue weighted by atomic mass is 9.88. The Morgan fingerprint density at radius 3 is 2.61 bits per heavy atom. The molecule has 0 aromatic heterocycles. The third-order valence-electron chi connectivity index (χ3n) is 5.04. The molecule has 2 aliphatic rings. The Labute approximate surface area is 138 Å². The molecule has 23 heavy (non-hydrogen) atoms. The summed E-state index contributed by atoms with van der Waals surface area (Å²) in [5.74, 6) is 0.434. The SMILES string of the molecule is CC(=O)N1CC[C@@]2(C1)c1ccccc1S(=O)(=O)N2CCC(C)C. The fourth-order valence-electron chi connectivity index (χ4n) is 3.75. The predicted octanol–water partition coefficient (Wildman–Crippen LogP) is 2.18. The van der Waals surface area contributed by atoms with Crippen LogP contribution in [0.1, 0.15) is 39.2 Å². The molecule has 1 saturated heterocycles. The van der Waals surface area contributed by atoms with Gasteiger partial charge in [-0.05, 0) is 30.4 Å². The highest BCUT2D eigenvalue weighted by Crippen LogP contribution is 2.49. The molecule has 1 aromatic rings. The monoisotopic (exact) mass is 336 g/mol. The summed E-state index contributed by atoms with van der Waals surface area (Å²) in [5, 5.41) is 0. The standard InChI is InChI=1S/C17H24N2O3S/c1-13(2)8-10-19-17(9-11-18(12-17)14(3)20)15-6-4-5-7-16(15)23(19,21)22/h4-7,13H,8-12H2,1-3H3/t17-/m1/s1. The van der Waals surface area contributed by atoms with Gasteiger partial charge in [-0.2, -0.15) is 4.31 Å². The van der Waals surface area contributed by atoms with E-state index in [-0.39, 0.29) is 5.91 Å². The van der Waals surface area contributed by atoms with Crippen LogP contribution in [0.25, 0.3) is 0 Å². The number of carbonyl (C=O) groups excluding carboxylic acids is 1. The third-order valence-corrected chi connectivity index (χ3v) is 7.06. The van der Waals surface area contributed by atoms with Crippen LogP contribution < -0.4 is 0 Å². The van der Waals surface area contributed by atoms with Gasteiger partial charge in [0.15, 0.2) is 0 Å². The normalized spacial score (nSPS) is 26.2. The highest BCUT2D eigenvalue weighted by atomic mass is 32.2. The summed E-state index contributed by atoms with van der Waals surface area (Å²) < 4.78 is 27.8. The molecule has 1 aromatic carbocycles. The summed E-state index contributed by atoms with van der Waals surface area (Å²) >= 11 is 0. The average molecular weight is 336 g/mol. The maximum atomic E-state index is 13.1. The van der Waals surface area contributed by atoms with Crippen molar-refractivity contribution in [2.75, 3.05) is 19.6 Å². The molecule has 0 saturated carbocycles. The van der Waals surface area contributed by atoms with Crippen LogP contribution in [-0.4, -0.2) is 43.2 Å². The van der Waals surface area contributed by atoms with Crippen molar-refractivity contribution < 1.29 is 13.2 Å². The van der Waals surface area contributed by atoms with Crippen molar-refractivity contribution >= 4 is 15.9 Å². The second kappa shape index (κ2) is 5.60. The number of hydrogen-bond acceptors (Lipinski definition) is 3. The molecule has 0 radical (unpaired) electrons. The number of nitrogens with zero attached hydrogens (tertiary/aromatic N) is 2. The maximum Gasteiger partial charge on any atom is 0.244 e. The molecule has 0 bridgehead atoms. The molecule has 0 N–H and O–H groups in total. The first-order chi connectivity index (χ1) is 10.8. The summed E-state index contributed by atoms with van der Waals surface area (Å²) in [6.45, 7) is 7.30. The lowest BCUT2D eigenvalue weighted by Gasteiger charge is -2.34. The van der Waals surface area contributed by atoms with Crippen LogP contribution in [0.2, 0.25) is 0 Å². The minimum absolute atomic E-state index is 0.00691. The van der Waals surface area contributed by atoms with Gasteiger partial charge in [-0.25, -0.2) is 8.42 Å². The molecule has 3 rings (SSSR count). The van der Waals surface area contributed by atoms with Gasteiger partial charge in [-0.15, -0.1) is 0 Å². The number of rotatable bonds is 3. The van der Waals surface area contributed by atoms with Gasteiger partial charge in [0, 0.05) is 26.6 Å². The van der Waals surface area contributed by atoms with E-state index in [9.17, 15) is 13.2 Å². The molecule has 1 fully saturated rings. The van der Waals surface area contributed by atoms with E-state index in [4.69, 9.17) is 0 Å². The smallest absolute Gasteiger partial charge is 0.244 e. The molecule has 1 spiro atoms. The van der Waals surface area contributed by atoms with Gasteiger partial charge in [0.25, 0.3) is 0 Å². The maximum absolute atomic E-state index is 13.1. The second-order valence-electron chi connectivity index (χ2n) is 6.98. The van der Waals surface area contributed by atoms with Crippen molar-refractivity contribution in [3.63, 3.8) is 0 Å². The summed E-state index contributed by atoms with van der Waals surface area (Å²) in [7, 11) is -3.49. The predicted molar refractivity (Wildman–Crippen MR) is 88.3 cm³/mol. The number of fused-ring (bicyclic) bond motifs is 2. The molecule has 0 aliphatic carbocycles. The Morgan fingerprint density at radius 2 is 2.00 bits per heavy atom. The fraction of sp³-hybridized carbons (Fsp3) is 0.588. The largest absolute Gasteiger partial charge is 0.341 e. The van der Waals surface area contributed by atoms with E-state index in [1.54, 1.807) is 28.3 Å². The molecule has 2 aliphatic heterocycles. The molecule has 0 unspecified atom stereocenters. The first-order valence-electron chi connectivity index (χ1n) is 8.17. The van der Waals surface area contributed by atoms with E-state index in [1.807, 2.05) is 12.1 Å². The van der Waals surface area contributed by atoms with E-state index in [2.05, 4.69) is 13.8 Å². The number of hydrogen-bond donors (Lipinski definition) is 0. The second-order valence-corrected chi connectivity index (χ2v) is 8.81. The van der Waals surface area contributed by atoms with Gasteiger partial charge < -0.3 is 4.90 Å². The molecule has 126 valence electrons. The first-order valence-corrected chi connectivity index (χ1v) is 9.61. The van der Waals surface area contributed by atoms with Crippen molar-refractivity contribution in [1.29, 1.82) is 0 Å². The van der Waals surface area contributed by atoms with Crippen LogP contribution in [0.3, 0.4) is 0 Å². The van der Waals surface area contributed by atoms with Crippen molar-refractivity contribution in [2.24, 2.45) is 5.92 Å². The Balaban J connectivity index is 2.08. The van der Waals surface area contributed by atoms with Crippen LogP contribution in [0, 0.1) is 5.92 Å². The Bertz CT molecular complexity index is 729. The number of amides is 1. The van der Waals surface area contributed by atoms with E-state index in [1.165, 1.54) is 0 Å². The minimum atomic E-state index is -3.49. The van der Waals surface area contributed by atoms with Gasteiger partial charge in [0.2, 0.25) is 15.9 Å². The first kappa shape index (κ1) is 16.5. The zero-order valence-corrected chi connectivity index (χ0v) is 14.8. The van der Waals surface area contributed by atoms with Gasteiger partial charge >= 0.3 is 0 Å². The summed E-state index contributed by atoms with van der Waals surface area (Å²) in [5.41, 5.74) is 0.267. The van der Waals surface area contributed by atoms with Crippen molar-refractivity contribution in [3.05, 3.63) is 29.8 Å². The quantitative estimate of drug-likeness (QED) is 0.850. The summed E-state index contributed by atoms with van der Waals surface area (Å²) in [6, 6.07) is 7.26. The zero-order chi connectivity index (χ0) is 16.8. The molecular formula is C17H24N2O3S. The summed E-state index contributed by atoms with van der Waals surface area (Å²) in [6.07, 6.45) is 1.48. The van der Waals surface area contributed by atoms with Crippen molar-refractivity contribution in [1.82, 2.24) is 9.21 Å². The van der Waals surface area contributed by atoms with Crippen LogP contribution in [-0.2, 0) is 20.4 Å². The molecule has 1 atom stereocenters. The van der Waals surface area contributed by atoms with Crippen LogP contribution in [0.15, 0.2) is 29.2 Å². The Hall–Kier alpha value is -1.40. The fourth-order valence-corrected chi connectivity index (χ4v) is 5.83. The number of sulfonamides is 1. The minimum Gasteiger partial charge on any atom is -0.341 e. The molecular weight excluding hydrogens is 312 g/mol. The van der Waals surface area contributed by atoms with Crippen LogP contribution >= 0.6 is 0 Å². The van der Waals surface area contributed by atoms with Gasteiger partial charge in [0.05, 0.1) is 10.4 Å². The van der Waals surface area contributed by atoms with Crippen LogP contribution in [0.4, 0.5) is 0 Å². The molecule has 6 heteroatoms. The molecule has 2 heterocycles. The van der Waals surface area contributed by atoms with Crippen LogP contribution in [0.5, 0.6) is 0 Å². The van der Waals surface area contributed by atoms with E-state index >= 15 is 0 Å². The Kier molecular flexibility index (Phi) is 4.01. The lowest BCUT2D eigenvalue weighted by Crippen LogP contribution is -2.47. The topological polar surface area (TPSA) is 57.7 Å². The lowest BCUT2D eigenvalue weighted by molar-refractivity contribution is -0.128. The number of benzene rings is 1. The van der Waals surface area contributed by atoms with Crippen molar-refractivity contribution in [2.45, 2.75) is 44.0 Å². The highest BCUT2D eigenvalue weighted by molar-refractivity contribution is 7.89. The van der Waals surface area contributed by atoms with E-state index < -0.39 is 15.6 Å². The average Bonchev–Trinajstić information content (AvgIpc) is 2.99. The van der Waals surface area contributed by atoms with Gasteiger partial charge in [0.1, 0.15) is 0 Å². The Morgan fingerprint density at radius 1 is 1.30 bits per heavy atom. The van der Waals surface area contributed by atoms with E-state index in [0.29, 0.717) is 36.9 Å². The molecule has 1 amide bonds. The third kappa shape index (κ3) is 2.48. The molecule has 5 nitrogen and oxygen atoms in total.